The van der Waals surface area contributed by atoms with E-state index >= 15 is 0 Å². The van der Waals surface area contributed by atoms with Crippen LogP contribution in [0, 0.1) is 5.92 Å². The van der Waals surface area contributed by atoms with Crippen LogP contribution in [0.25, 0.3) is 0 Å². The zero-order valence-electron chi connectivity index (χ0n) is 9.81. The van der Waals surface area contributed by atoms with Crippen LogP contribution in [0.5, 0.6) is 0 Å². The smallest absolute Gasteiger partial charge is 0.206 e. The highest BCUT2D eigenvalue weighted by Gasteiger charge is 2.30. The highest BCUT2D eigenvalue weighted by atomic mass is 35.5. The highest BCUT2D eigenvalue weighted by molar-refractivity contribution is 7.91. The molecule has 0 spiro atoms. The number of rotatable bonds is 4. The van der Waals surface area contributed by atoms with Gasteiger partial charge in [0.1, 0.15) is 4.21 Å². The minimum absolute atomic E-state index is 0.332. The molecule has 0 aromatic carbocycles. The van der Waals surface area contributed by atoms with Gasteiger partial charge in [-0.3, -0.25) is 0 Å². The van der Waals surface area contributed by atoms with Gasteiger partial charge >= 0.3 is 0 Å². The minimum Gasteiger partial charge on any atom is -0.206 e. The third-order valence-electron chi connectivity index (χ3n) is 3.14. The summed E-state index contributed by atoms with van der Waals surface area (Å²) in [5.41, 5.74) is 0. The Hall–Kier alpha value is 0.190. The predicted octanol–water partition coefficient (Wildman–Crippen LogP) is 3.43. The lowest BCUT2D eigenvalue weighted by Gasteiger charge is -2.31. The second-order valence-electron chi connectivity index (χ2n) is 4.41. The molecule has 1 unspecified atom stereocenters. The largest absolute Gasteiger partial charge is 0.252 e. The molecule has 7 heteroatoms. The lowest BCUT2D eigenvalue weighted by molar-refractivity contribution is 0.262. The molecule has 1 fully saturated rings. The molecule has 18 heavy (non-hydrogen) atoms. The van der Waals surface area contributed by atoms with Crippen LogP contribution in [0.15, 0.2) is 16.3 Å². The van der Waals surface area contributed by atoms with E-state index in [0.29, 0.717) is 33.4 Å². The summed E-state index contributed by atoms with van der Waals surface area (Å²) in [5, 5.41) is 0. The maximum absolute atomic E-state index is 12.4. The van der Waals surface area contributed by atoms with Gasteiger partial charge in [-0.1, -0.05) is 11.6 Å². The number of nitrogens with zero attached hydrogens (tertiary/aromatic N) is 1. The second-order valence-corrected chi connectivity index (χ2v) is 8.67. The van der Waals surface area contributed by atoms with Crippen molar-refractivity contribution in [1.29, 1.82) is 0 Å². The molecule has 1 aromatic rings. The summed E-state index contributed by atoms with van der Waals surface area (Å²) in [6, 6.07) is 3.20. The number of hydrogen-bond donors (Lipinski definition) is 0. The summed E-state index contributed by atoms with van der Waals surface area (Å²) < 4.78 is 27.2. The zero-order chi connectivity index (χ0) is 13.2. The third kappa shape index (κ3) is 3.20. The van der Waals surface area contributed by atoms with Crippen LogP contribution in [-0.2, 0) is 10.0 Å². The molecule has 2 heterocycles. The number of piperidine rings is 1. The number of alkyl halides is 1. The zero-order valence-corrected chi connectivity index (χ0v) is 13.0. The molecular weight excluding hydrogens is 313 g/mol. The Morgan fingerprint density at radius 3 is 2.83 bits per heavy atom. The molecule has 3 nitrogen and oxygen atoms in total. The Labute approximate surface area is 122 Å². The van der Waals surface area contributed by atoms with E-state index < -0.39 is 10.0 Å². The molecule has 0 radical (unpaired) electrons. The van der Waals surface area contributed by atoms with Gasteiger partial charge < -0.3 is 0 Å². The number of hydrogen-bond acceptors (Lipinski definition) is 3. The molecule has 1 aliphatic rings. The molecule has 0 amide bonds. The maximum atomic E-state index is 12.4. The van der Waals surface area contributed by atoms with Gasteiger partial charge in [0.2, 0.25) is 0 Å². The summed E-state index contributed by atoms with van der Waals surface area (Å²) in [6.07, 6.45) is 2.84. The van der Waals surface area contributed by atoms with Gasteiger partial charge in [-0.15, -0.1) is 22.9 Å². The molecule has 1 atom stereocenters. The van der Waals surface area contributed by atoms with E-state index in [4.69, 9.17) is 23.2 Å². The van der Waals surface area contributed by atoms with Gasteiger partial charge in [0.15, 0.2) is 0 Å². The number of sulfonamides is 1. The summed E-state index contributed by atoms with van der Waals surface area (Å²) in [7, 11) is -3.37. The molecule has 2 rings (SSSR count). The minimum atomic E-state index is -3.37. The van der Waals surface area contributed by atoms with Crippen LogP contribution in [0.1, 0.15) is 19.3 Å². The van der Waals surface area contributed by atoms with E-state index in [-0.39, 0.29) is 0 Å². The van der Waals surface area contributed by atoms with Crippen LogP contribution in [-0.4, -0.2) is 31.7 Å². The van der Waals surface area contributed by atoms with E-state index in [2.05, 4.69) is 0 Å². The van der Waals surface area contributed by atoms with E-state index in [1.165, 1.54) is 0 Å². The number of thiophene rings is 1. The first-order valence-corrected chi connectivity index (χ1v) is 9.02. The molecule has 1 aromatic heterocycles. The van der Waals surface area contributed by atoms with Crippen molar-refractivity contribution in [3.8, 4) is 0 Å². The van der Waals surface area contributed by atoms with Crippen LogP contribution in [0.2, 0.25) is 4.34 Å². The van der Waals surface area contributed by atoms with Gasteiger partial charge in [0, 0.05) is 19.0 Å². The van der Waals surface area contributed by atoms with E-state index in [1.807, 2.05) is 0 Å². The van der Waals surface area contributed by atoms with E-state index in [1.54, 1.807) is 16.4 Å². The topological polar surface area (TPSA) is 37.4 Å². The highest BCUT2D eigenvalue weighted by Crippen LogP contribution is 2.31. The average molecular weight is 328 g/mol. The average Bonchev–Trinajstić information content (AvgIpc) is 2.77. The van der Waals surface area contributed by atoms with Crippen molar-refractivity contribution in [3.63, 3.8) is 0 Å². The summed E-state index contributed by atoms with van der Waals surface area (Å²) in [4.78, 5) is 0. The molecule has 0 N–H and O–H groups in total. The maximum Gasteiger partial charge on any atom is 0.252 e. The first kappa shape index (κ1) is 14.6. The molecule has 102 valence electrons. The lowest BCUT2D eigenvalue weighted by Crippen LogP contribution is -2.39. The van der Waals surface area contributed by atoms with Gasteiger partial charge in [-0.2, -0.15) is 4.31 Å². The van der Waals surface area contributed by atoms with Gasteiger partial charge in [0.05, 0.1) is 4.34 Å². The molecule has 0 bridgehead atoms. The molecular formula is C11H15Cl2NO2S2. The van der Waals surface area contributed by atoms with Crippen LogP contribution < -0.4 is 0 Å². The Morgan fingerprint density at radius 1 is 1.44 bits per heavy atom. The third-order valence-corrected chi connectivity index (χ3v) is 6.92. The SMILES string of the molecule is O=S(=O)(c1ccc(Cl)s1)N1CCCC(CCCl)C1. The standard InChI is InChI=1S/C11H15Cl2NO2S2/c12-6-5-9-2-1-7-14(8-9)18(15,16)11-4-3-10(13)17-11/h3-4,9H,1-2,5-8H2. The Kier molecular flexibility index (Phi) is 4.94. The summed E-state index contributed by atoms with van der Waals surface area (Å²) >= 11 is 12.6. The fraction of sp³-hybridized carbons (Fsp3) is 0.636. The lowest BCUT2D eigenvalue weighted by atomic mass is 9.97. The molecule has 1 aliphatic heterocycles. The Morgan fingerprint density at radius 2 is 2.22 bits per heavy atom. The fourth-order valence-electron chi connectivity index (χ4n) is 2.20. The van der Waals surface area contributed by atoms with E-state index in [0.717, 1.165) is 30.6 Å². The second kappa shape index (κ2) is 6.09. The molecule has 1 saturated heterocycles. The van der Waals surface area contributed by atoms with E-state index in [9.17, 15) is 8.42 Å². The summed E-state index contributed by atoms with van der Waals surface area (Å²) in [6.45, 7) is 1.17. The summed E-state index contributed by atoms with van der Waals surface area (Å²) in [5.74, 6) is 0.963. The monoisotopic (exact) mass is 327 g/mol. The first-order chi connectivity index (χ1) is 8.54. The van der Waals surface area contributed by atoms with Crippen molar-refractivity contribution >= 4 is 44.6 Å². The van der Waals surface area contributed by atoms with Gasteiger partial charge in [-0.05, 0) is 37.3 Å². The fourth-order valence-corrected chi connectivity index (χ4v) is 5.70. The van der Waals surface area contributed by atoms with Crippen LogP contribution in [0.3, 0.4) is 0 Å². The van der Waals surface area contributed by atoms with Crippen molar-refractivity contribution in [3.05, 3.63) is 16.5 Å². The van der Waals surface area contributed by atoms with Crippen LogP contribution in [0.4, 0.5) is 0 Å². The van der Waals surface area contributed by atoms with Crippen molar-refractivity contribution in [1.82, 2.24) is 4.31 Å². The number of halogens is 2. The molecule has 0 saturated carbocycles. The molecule has 0 aliphatic carbocycles. The normalized spacial score (nSPS) is 22.2. The van der Waals surface area contributed by atoms with Crippen molar-refractivity contribution < 1.29 is 8.42 Å². The van der Waals surface area contributed by atoms with Gasteiger partial charge in [0.25, 0.3) is 10.0 Å². The quantitative estimate of drug-likeness (QED) is 0.794. The first-order valence-electron chi connectivity index (χ1n) is 5.85. The van der Waals surface area contributed by atoms with Crippen molar-refractivity contribution in [2.24, 2.45) is 5.92 Å². The Bertz CT molecular complexity index is 499. The van der Waals surface area contributed by atoms with Gasteiger partial charge in [-0.25, -0.2) is 8.42 Å². The Balaban J connectivity index is 2.15. The predicted molar refractivity (Wildman–Crippen MR) is 76.1 cm³/mol. The van der Waals surface area contributed by atoms with Crippen molar-refractivity contribution in [2.45, 2.75) is 23.5 Å². The van der Waals surface area contributed by atoms with Crippen LogP contribution >= 0.6 is 34.5 Å². The van der Waals surface area contributed by atoms with Crippen molar-refractivity contribution in [2.75, 3.05) is 19.0 Å².